The Kier molecular flexibility index (Phi) is 41.6. The Bertz CT molecular complexity index is 2950. The zero-order valence-corrected chi connectivity index (χ0v) is 61.9. The fourth-order valence-corrected chi connectivity index (χ4v) is 13.3. The van der Waals surface area contributed by atoms with E-state index >= 15 is 0 Å². The predicted octanol–water partition coefficient (Wildman–Crippen LogP) is -1.04. The van der Waals surface area contributed by atoms with Crippen LogP contribution in [0.3, 0.4) is 0 Å². The minimum atomic E-state index is -1.87. The van der Waals surface area contributed by atoms with Crippen LogP contribution in [-0.2, 0) is 68.7 Å². The molecule has 3 rings (SSSR count). The molecule has 572 valence electrons. The molecule has 20 N–H and O–H groups in total. The van der Waals surface area contributed by atoms with Crippen LogP contribution in [0.2, 0.25) is 0 Å². The standard InChI is InChI=1S/C65H108N18O16S3/c1-8-31-99-32-30-70-57(91)49-37-101-102-38-50-62(96)77-44(19-15-26-71-63(66)67)56(90)72-35-53(86)76-47(34-55(88)89)60(94)79-48(61(95)78-46(59(93)80-49)33-43-16-10-9-11-17-43)36-100-39-54(87)75-45(58(92)81-50)18-12-13-25-68-51(84)20-14-21-52(85)69-27-22-42(23-28-73-64(4,5)40(2)82-97)24-29-74-65(6,7)41(3)83-98/h9-11,16-17,42,44-50,73-74,97-98H,8,12-15,18-39H2,1-7H3,(H,68,84)(H,69,85)(H,70,91)(H,72,90)(H,75,87)(H,76,86)(H,77,96)(H,78,95)(H,79,94)(H,80,93)(H,81,92)(H,88,89)(H4,66,67,71)/b82-40-,83-41-/t44-,45-,46-,47-,48-,49-,50-/m0/s1. The topological polar surface area (TPSA) is 518 Å². The molecule has 0 unspecified atom stereocenters. The van der Waals surface area contributed by atoms with Crippen LogP contribution in [0.15, 0.2) is 40.6 Å². The Morgan fingerprint density at radius 3 is 1.75 bits per heavy atom. The van der Waals surface area contributed by atoms with E-state index in [1.165, 1.54) is 0 Å². The lowest BCUT2D eigenvalue weighted by Gasteiger charge is -2.28. The summed E-state index contributed by atoms with van der Waals surface area (Å²) in [6.07, 6.45) is 2.45. The van der Waals surface area contributed by atoms with E-state index in [1.807, 2.05) is 34.6 Å². The van der Waals surface area contributed by atoms with E-state index in [0.717, 1.165) is 46.2 Å². The maximum absolute atomic E-state index is 14.6. The van der Waals surface area contributed by atoms with Crippen molar-refractivity contribution in [3.63, 3.8) is 0 Å². The molecular formula is C65H108N18O16S3. The number of carbonyl (C=O) groups excluding carboxylic acids is 11. The number of carboxylic acid groups (broad SMARTS) is 1. The van der Waals surface area contributed by atoms with Crippen molar-refractivity contribution in [2.75, 3.05) is 82.0 Å². The lowest BCUT2D eigenvalue weighted by Crippen LogP contribution is -2.60. The molecule has 11 amide bonds. The normalized spacial score (nSPS) is 20.8. The Hall–Kier alpha value is -8.00. The minimum Gasteiger partial charge on any atom is -0.481 e. The number of carbonyl (C=O) groups is 12. The fraction of sp³-hybridized carbons (Fsp3) is 0.677. The number of ether oxygens (including phenoxy) is 1. The summed E-state index contributed by atoms with van der Waals surface area (Å²) in [5.41, 5.74) is 6.01. The Morgan fingerprint density at radius 1 is 0.608 bits per heavy atom. The average molecular weight is 1490 g/mol. The second-order valence-corrected chi connectivity index (χ2v) is 29.4. The molecule has 2 aliphatic rings. The van der Waals surface area contributed by atoms with Crippen LogP contribution in [0.25, 0.3) is 0 Å². The van der Waals surface area contributed by atoms with Crippen LogP contribution in [0, 0.1) is 11.3 Å². The number of benzene rings is 1. The molecular weight excluding hydrogens is 1390 g/mol. The number of nitrogens with zero attached hydrogens (tertiary/aromatic N) is 2. The smallest absolute Gasteiger partial charge is 0.305 e. The fourth-order valence-electron chi connectivity index (χ4n) is 10.1. The monoisotopic (exact) mass is 1490 g/mol. The van der Waals surface area contributed by atoms with Gasteiger partial charge in [-0.15, -0.1) is 11.8 Å². The van der Waals surface area contributed by atoms with Gasteiger partial charge in [0.15, 0.2) is 5.96 Å². The molecule has 102 heavy (non-hydrogen) atoms. The number of thioether (sulfide) groups is 1. The summed E-state index contributed by atoms with van der Waals surface area (Å²) in [6.45, 7) is 14.6. The minimum absolute atomic E-state index is 0.0256. The van der Waals surface area contributed by atoms with Gasteiger partial charge in [0.2, 0.25) is 65.0 Å². The van der Waals surface area contributed by atoms with Crippen molar-refractivity contribution in [1.82, 2.24) is 74.4 Å². The summed E-state index contributed by atoms with van der Waals surface area (Å²) < 4.78 is 5.55. The summed E-state index contributed by atoms with van der Waals surface area (Å²) >= 11 is 0.800. The summed E-state index contributed by atoms with van der Waals surface area (Å²) in [4.78, 5) is 166. The van der Waals surface area contributed by atoms with Crippen molar-refractivity contribution in [2.24, 2.45) is 22.0 Å². The van der Waals surface area contributed by atoms with Crippen molar-refractivity contribution in [1.29, 1.82) is 5.41 Å². The molecule has 0 saturated carbocycles. The molecule has 34 nitrogen and oxygen atoms in total. The van der Waals surface area contributed by atoms with Crippen LogP contribution in [0.4, 0.5) is 0 Å². The van der Waals surface area contributed by atoms with Gasteiger partial charge in [0, 0.05) is 69.3 Å². The highest BCUT2D eigenvalue weighted by atomic mass is 33.1. The molecule has 0 radical (unpaired) electrons. The maximum atomic E-state index is 14.6. The summed E-state index contributed by atoms with van der Waals surface area (Å²) in [5, 5.41) is 81.4. The quantitative estimate of drug-likeness (QED) is 0.00952. The van der Waals surface area contributed by atoms with Crippen molar-refractivity contribution in [2.45, 2.75) is 192 Å². The molecule has 7 atom stereocenters. The zero-order valence-electron chi connectivity index (χ0n) is 59.4. The SMILES string of the molecule is CCCOCCNC(=O)[C@@H]1CSSC[C@@H]2NC(=O)[C@H](CCCCNC(=O)CCCC(=O)NCCC(CCNC(C)(C)/C(C)=N\O)CCNC(C)(C)/C(C)=N\O)NC(=O)CSC[C@H](NC(=O)[C@H](CC(=O)O)NC(=O)CNC(=O)[C@H](CCCNC(=N)N)NC2=O)C(=O)N[C@@H](Cc2ccccc2)C(=O)N1. The van der Waals surface area contributed by atoms with Gasteiger partial charge in [0.05, 0.1) is 47.8 Å². The lowest BCUT2D eigenvalue weighted by molar-refractivity contribution is -0.141. The van der Waals surface area contributed by atoms with Gasteiger partial charge >= 0.3 is 5.97 Å². The first kappa shape index (κ1) is 88.2. The van der Waals surface area contributed by atoms with Crippen molar-refractivity contribution < 1.29 is 77.8 Å². The second-order valence-electron chi connectivity index (χ2n) is 25.8. The number of guanidine groups is 1. The molecule has 2 fully saturated rings. The Morgan fingerprint density at radius 2 is 1.15 bits per heavy atom. The van der Waals surface area contributed by atoms with Crippen LogP contribution >= 0.6 is 33.3 Å². The van der Waals surface area contributed by atoms with Gasteiger partial charge < -0.3 is 100 Å². The summed E-state index contributed by atoms with van der Waals surface area (Å²) in [6, 6.07) is -2.07. The number of hydrogen-bond donors (Lipinski definition) is 19. The predicted molar refractivity (Wildman–Crippen MR) is 389 cm³/mol. The second kappa shape index (κ2) is 48.0. The average Bonchev–Trinajstić information content (AvgIpc) is 0.944. The Labute approximate surface area is 608 Å². The molecule has 2 aliphatic heterocycles. The third kappa shape index (κ3) is 35.7. The van der Waals surface area contributed by atoms with Crippen LogP contribution in [-0.4, -0.2) is 239 Å². The number of fused-ring (bicyclic) bond motifs is 9. The van der Waals surface area contributed by atoms with Gasteiger partial charge in [-0.25, -0.2) is 0 Å². The number of rotatable bonds is 36. The molecule has 0 aromatic heterocycles. The first-order chi connectivity index (χ1) is 48.5. The van der Waals surface area contributed by atoms with Gasteiger partial charge in [0.25, 0.3) is 0 Å². The summed E-state index contributed by atoms with van der Waals surface area (Å²) in [5.74, 6) is -11.8. The number of amides is 11. The molecule has 0 spiro atoms. The Balaban J connectivity index is 1.94. The number of carboxylic acids is 1. The van der Waals surface area contributed by atoms with Crippen molar-refractivity contribution in [3.8, 4) is 0 Å². The van der Waals surface area contributed by atoms with Gasteiger partial charge in [-0.3, -0.25) is 62.9 Å². The van der Waals surface area contributed by atoms with E-state index in [9.17, 15) is 73.1 Å². The highest BCUT2D eigenvalue weighted by molar-refractivity contribution is 8.76. The first-order valence-electron chi connectivity index (χ1n) is 34.3. The van der Waals surface area contributed by atoms with E-state index in [0.29, 0.717) is 56.1 Å². The van der Waals surface area contributed by atoms with Crippen molar-refractivity contribution >= 4 is 122 Å². The largest absolute Gasteiger partial charge is 0.481 e. The van der Waals surface area contributed by atoms with Gasteiger partial charge in [-0.05, 0) is 130 Å². The molecule has 1 aromatic carbocycles. The van der Waals surface area contributed by atoms with E-state index in [2.05, 4.69) is 84.7 Å². The molecule has 0 aliphatic carbocycles. The highest BCUT2D eigenvalue weighted by Crippen LogP contribution is 2.24. The van der Waals surface area contributed by atoms with E-state index in [1.54, 1.807) is 44.2 Å². The summed E-state index contributed by atoms with van der Waals surface area (Å²) in [7, 11) is 2.02. The third-order valence-electron chi connectivity index (χ3n) is 16.8. The van der Waals surface area contributed by atoms with Gasteiger partial charge in [-0.1, -0.05) is 69.2 Å². The first-order valence-corrected chi connectivity index (χ1v) is 37.9. The van der Waals surface area contributed by atoms with E-state index in [-0.39, 0.29) is 119 Å². The number of aliphatic carboxylic acids is 1. The molecule has 2 bridgehead atoms. The highest BCUT2D eigenvalue weighted by Gasteiger charge is 2.36. The van der Waals surface area contributed by atoms with E-state index < -0.39 is 137 Å². The number of nitrogens with two attached hydrogens (primary N) is 1. The van der Waals surface area contributed by atoms with Crippen molar-refractivity contribution in [3.05, 3.63) is 35.9 Å². The lowest BCUT2D eigenvalue weighted by atomic mass is 9.94. The molecule has 1 aromatic rings. The number of oxime groups is 2. The van der Waals surface area contributed by atoms with E-state index in [4.69, 9.17) is 15.9 Å². The van der Waals surface area contributed by atoms with Crippen LogP contribution in [0.1, 0.15) is 138 Å². The van der Waals surface area contributed by atoms with Gasteiger partial charge in [-0.2, -0.15) is 0 Å². The number of nitrogens with one attached hydrogen (secondary N) is 15. The van der Waals surface area contributed by atoms with Crippen LogP contribution < -0.4 is 80.2 Å². The molecule has 2 saturated heterocycles. The van der Waals surface area contributed by atoms with Gasteiger partial charge in [0.1, 0.15) is 42.3 Å². The molecule has 37 heteroatoms. The van der Waals surface area contributed by atoms with Crippen LogP contribution in [0.5, 0.6) is 0 Å². The molecule has 2 heterocycles. The third-order valence-corrected chi connectivity index (χ3v) is 20.2. The zero-order chi connectivity index (χ0) is 75.6. The number of unbranched alkanes of at least 4 members (excludes halogenated alkanes) is 1. The number of hydrogen-bond acceptors (Lipinski definition) is 23. The maximum Gasteiger partial charge on any atom is 0.305 e.